The molecule has 4 aliphatic carbocycles. The molecule has 0 bridgehead atoms. The Kier molecular flexibility index (Phi) is 8.30. The van der Waals surface area contributed by atoms with E-state index in [9.17, 15) is 0 Å². The zero-order chi connectivity index (χ0) is 45.7. The molecule has 8 aromatic carbocycles. The van der Waals surface area contributed by atoms with Crippen molar-refractivity contribution in [2.45, 2.75) is 77.0 Å². The highest BCUT2D eigenvalue weighted by atomic mass is 79.9. The standard InChI is InChI=1S/2C30H22BrClO/c1-29(2)20-13-15(31)9-11-18(20)25-27(29)26-23(17-12-10-16(32)14-21(17)30(26,3)4)24-19-7-5-6-8-22(19)33-28(24)25;1-29(2)20-13-15(31)9-11-17(20)23-24-19-7-5-6-8-22(19)33-28(24)25-18-12-10-16(32)14-21(18)30(3,4)27(25)26(23)29/h2*5-14H,1-4H3. The Morgan fingerprint density at radius 2 is 0.697 bits per heavy atom. The Morgan fingerprint density at radius 1 is 0.379 bits per heavy atom. The third-order valence-corrected chi connectivity index (χ3v) is 17.3. The maximum absolute atomic E-state index is 6.67. The lowest BCUT2D eigenvalue weighted by molar-refractivity contribution is 0.600. The zero-order valence-electron chi connectivity index (χ0n) is 37.9. The Labute approximate surface area is 411 Å². The highest BCUT2D eigenvalue weighted by Gasteiger charge is 2.50. The molecule has 324 valence electrons. The van der Waals surface area contributed by atoms with Crippen LogP contribution in [0, 0.1) is 0 Å². The molecular formula is C60H44Br2Cl2O2. The van der Waals surface area contributed by atoms with Crippen molar-refractivity contribution in [2.75, 3.05) is 0 Å². The van der Waals surface area contributed by atoms with Gasteiger partial charge in [0.05, 0.1) is 0 Å². The van der Waals surface area contributed by atoms with E-state index in [0.717, 1.165) is 41.3 Å². The van der Waals surface area contributed by atoms with Crippen LogP contribution in [0.2, 0.25) is 10.0 Å². The summed E-state index contributed by atoms with van der Waals surface area (Å²) in [7, 11) is 0. The molecule has 0 spiro atoms. The number of fused-ring (bicyclic) bond motifs is 24. The molecule has 0 atom stereocenters. The average molecular weight is 1030 g/mol. The number of hydrogen-bond donors (Lipinski definition) is 0. The molecule has 10 aromatic rings. The quantitative estimate of drug-likeness (QED) is 0.151. The largest absolute Gasteiger partial charge is 0.455 e. The predicted molar refractivity (Wildman–Crippen MR) is 283 cm³/mol. The van der Waals surface area contributed by atoms with Crippen LogP contribution in [0.4, 0.5) is 0 Å². The van der Waals surface area contributed by atoms with Crippen LogP contribution in [-0.4, -0.2) is 0 Å². The summed E-state index contributed by atoms with van der Waals surface area (Å²) in [5.41, 5.74) is 24.2. The second-order valence-corrected chi connectivity index (χ2v) is 23.6. The van der Waals surface area contributed by atoms with Gasteiger partial charge in [-0.05, 0) is 139 Å². The first-order valence-electron chi connectivity index (χ1n) is 22.7. The van der Waals surface area contributed by atoms with Gasteiger partial charge in [-0.3, -0.25) is 0 Å². The van der Waals surface area contributed by atoms with Crippen molar-refractivity contribution in [2.24, 2.45) is 0 Å². The van der Waals surface area contributed by atoms with Crippen LogP contribution >= 0.6 is 55.1 Å². The van der Waals surface area contributed by atoms with Crippen molar-refractivity contribution in [1.82, 2.24) is 0 Å². The lowest BCUT2D eigenvalue weighted by Gasteiger charge is -2.31. The van der Waals surface area contributed by atoms with Crippen molar-refractivity contribution in [3.8, 4) is 44.5 Å². The fourth-order valence-electron chi connectivity index (χ4n) is 13.0. The van der Waals surface area contributed by atoms with E-state index < -0.39 is 0 Å². The minimum Gasteiger partial charge on any atom is -0.455 e. The molecule has 14 rings (SSSR count). The van der Waals surface area contributed by atoms with Crippen LogP contribution < -0.4 is 0 Å². The van der Waals surface area contributed by atoms with Gasteiger partial charge in [0.2, 0.25) is 0 Å². The van der Waals surface area contributed by atoms with Crippen molar-refractivity contribution < 1.29 is 8.83 Å². The predicted octanol–water partition coefficient (Wildman–Crippen LogP) is 19.2. The summed E-state index contributed by atoms with van der Waals surface area (Å²) in [6.45, 7) is 18.8. The van der Waals surface area contributed by atoms with Gasteiger partial charge in [0.15, 0.2) is 0 Å². The van der Waals surface area contributed by atoms with Crippen molar-refractivity contribution in [1.29, 1.82) is 0 Å². The molecule has 0 unspecified atom stereocenters. The molecule has 6 heteroatoms. The minimum absolute atomic E-state index is 0.145. The van der Waals surface area contributed by atoms with Gasteiger partial charge in [-0.25, -0.2) is 0 Å². The van der Waals surface area contributed by atoms with E-state index in [0.29, 0.717) is 0 Å². The maximum atomic E-state index is 6.67. The summed E-state index contributed by atoms with van der Waals surface area (Å²) < 4.78 is 15.6. The lowest BCUT2D eigenvalue weighted by atomic mass is 9.72. The van der Waals surface area contributed by atoms with Crippen molar-refractivity contribution in [3.63, 3.8) is 0 Å². The average Bonchev–Trinajstić information content (AvgIpc) is 4.06. The normalized spacial score (nSPS) is 16.7. The van der Waals surface area contributed by atoms with Crippen molar-refractivity contribution >= 4 is 98.9 Å². The molecule has 2 heterocycles. The van der Waals surface area contributed by atoms with Crippen LogP contribution in [-0.2, 0) is 21.7 Å². The van der Waals surface area contributed by atoms with Gasteiger partial charge in [0, 0.05) is 73.3 Å². The number of hydrogen-bond acceptors (Lipinski definition) is 2. The fraction of sp³-hybridized carbons (Fsp3) is 0.200. The van der Waals surface area contributed by atoms with E-state index >= 15 is 0 Å². The van der Waals surface area contributed by atoms with Crippen LogP contribution in [0.1, 0.15) is 99.9 Å². The fourth-order valence-corrected chi connectivity index (χ4v) is 14.1. The molecule has 0 amide bonds. The number of rotatable bonds is 0. The molecular weight excluding hydrogens is 983 g/mol. The molecule has 4 aliphatic rings. The Hall–Kier alpha value is -5.10. The highest BCUT2D eigenvalue weighted by Crippen LogP contribution is 2.65. The Bertz CT molecular complexity index is 3620. The van der Waals surface area contributed by atoms with E-state index in [1.165, 1.54) is 111 Å². The summed E-state index contributed by atoms with van der Waals surface area (Å²) in [5.74, 6) is 0. The topological polar surface area (TPSA) is 26.3 Å². The second-order valence-electron chi connectivity index (χ2n) is 20.9. The number of benzene rings is 8. The van der Waals surface area contributed by atoms with Gasteiger partial charge in [-0.15, -0.1) is 0 Å². The van der Waals surface area contributed by atoms with E-state index in [2.05, 4.69) is 196 Å². The molecule has 0 fully saturated rings. The smallest absolute Gasteiger partial charge is 0.144 e. The molecule has 0 saturated carbocycles. The third-order valence-electron chi connectivity index (χ3n) is 15.8. The maximum Gasteiger partial charge on any atom is 0.144 e. The van der Waals surface area contributed by atoms with Gasteiger partial charge in [0.25, 0.3) is 0 Å². The van der Waals surface area contributed by atoms with E-state index in [4.69, 9.17) is 32.0 Å². The van der Waals surface area contributed by atoms with Gasteiger partial charge in [-0.2, -0.15) is 0 Å². The summed E-state index contributed by atoms with van der Waals surface area (Å²) in [6, 6.07) is 43.0. The first-order valence-corrected chi connectivity index (χ1v) is 25.0. The molecule has 0 N–H and O–H groups in total. The zero-order valence-corrected chi connectivity index (χ0v) is 42.6. The van der Waals surface area contributed by atoms with E-state index in [1.807, 2.05) is 12.1 Å². The SMILES string of the molecule is CC1(C)c2cc(Br)ccc2-c2c1c1c(c3c2oc2ccccc23)-c2ccc(Cl)cc2C1(C)C.CC1(C)c2cc(Cl)ccc2-c2c1c1c(c3c2oc2ccccc23)-c2ccc(Br)cc2C1(C)C. The Balaban J connectivity index is 0.000000132. The summed E-state index contributed by atoms with van der Waals surface area (Å²) >= 11 is 20.5. The molecule has 0 saturated heterocycles. The van der Waals surface area contributed by atoms with Gasteiger partial charge >= 0.3 is 0 Å². The first kappa shape index (κ1) is 41.1. The minimum atomic E-state index is -0.191. The lowest BCUT2D eigenvalue weighted by Crippen LogP contribution is -2.24. The number of halogens is 4. The second kappa shape index (κ2) is 13.3. The monoisotopic (exact) mass is 1020 g/mol. The summed E-state index contributed by atoms with van der Waals surface area (Å²) in [5, 5.41) is 6.36. The molecule has 2 aromatic heterocycles. The number of para-hydroxylation sites is 2. The van der Waals surface area contributed by atoms with Crippen LogP contribution in [0.15, 0.2) is 139 Å². The molecule has 66 heavy (non-hydrogen) atoms. The van der Waals surface area contributed by atoms with Crippen molar-refractivity contribution in [3.05, 3.63) is 185 Å². The molecule has 0 aliphatic heterocycles. The van der Waals surface area contributed by atoms with Crippen LogP contribution in [0.3, 0.4) is 0 Å². The summed E-state index contributed by atoms with van der Waals surface area (Å²) in [4.78, 5) is 0. The molecule has 0 radical (unpaired) electrons. The third kappa shape index (κ3) is 5.09. The van der Waals surface area contributed by atoms with Crippen LogP contribution in [0.5, 0.6) is 0 Å². The molecule has 2 nitrogen and oxygen atoms in total. The highest BCUT2D eigenvalue weighted by molar-refractivity contribution is 9.10. The van der Waals surface area contributed by atoms with Gasteiger partial charge < -0.3 is 8.83 Å². The van der Waals surface area contributed by atoms with Gasteiger partial charge in [0.1, 0.15) is 22.3 Å². The van der Waals surface area contributed by atoms with Crippen LogP contribution in [0.25, 0.3) is 88.4 Å². The summed E-state index contributed by atoms with van der Waals surface area (Å²) in [6.07, 6.45) is 0. The number of furan rings is 2. The first-order chi connectivity index (χ1) is 31.4. The van der Waals surface area contributed by atoms with Gasteiger partial charge in [-0.1, -0.05) is 171 Å². The van der Waals surface area contributed by atoms with E-state index in [-0.39, 0.29) is 21.7 Å². The Morgan fingerprint density at radius 3 is 1.09 bits per heavy atom. The van der Waals surface area contributed by atoms with E-state index in [1.54, 1.807) is 0 Å².